The Bertz CT molecular complexity index is 20.9. The molecule has 0 aliphatic heterocycles. The van der Waals surface area contributed by atoms with Crippen molar-refractivity contribution < 1.29 is 18.0 Å². The van der Waals surface area contributed by atoms with Crippen LogP contribution in [0, 0.1) is 0 Å². The molecule has 0 aliphatic carbocycles. The summed E-state index contributed by atoms with van der Waals surface area (Å²) in [6, 6.07) is 0. The van der Waals surface area contributed by atoms with E-state index in [1.165, 1.54) is 0 Å². The van der Waals surface area contributed by atoms with E-state index in [0.29, 0.717) is 0 Å². The van der Waals surface area contributed by atoms with Crippen LogP contribution in [0.15, 0.2) is 0 Å². The Hall–Kier alpha value is -0.185. The molecular formula is BF3O. The fraction of sp³-hybridized carbons (Fsp3) is 0. The lowest BCUT2D eigenvalue weighted by molar-refractivity contribution is -0.0360. The molecule has 0 heterocycles. The maximum atomic E-state index is 10.2. The second-order valence-electron chi connectivity index (χ2n) is 0.350. The quantitative estimate of drug-likeness (QED) is 0.427. The molecule has 0 aromatic carbocycles. The Morgan fingerprint density at radius 2 is 1.60 bits per heavy atom. The average Bonchev–Trinajstić information content (AvgIpc) is 1.38. The second kappa shape index (κ2) is 2.08. The minimum absolute atomic E-state index is 1.92. The minimum atomic E-state index is -3.28. The lowest BCUT2D eigenvalue weighted by Gasteiger charge is -1.71. The van der Waals surface area contributed by atoms with E-state index >= 15 is 0 Å². The smallest absolute Gasteiger partial charge is 0.256 e. The largest absolute Gasteiger partial charge is 0.754 e. The summed E-state index contributed by atoms with van der Waals surface area (Å²) in [6.45, 7) is 0. The topological polar surface area (TPSA) is 9.23 Å². The van der Waals surface area contributed by atoms with Gasteiger partial charge < -0.3 is 0 Å². The minimum Gasteiger partial charge on any atom is -0.256 e. The Kier molecular flexibility index (Phi) is 2.00. The molecule has 30 valence electrons. The number of rotatable bonds is 1. The summed E-state index contributed by atoms with van der Waals surface area (Å²) in [4.78, 5) is 1.92. The highest BCUT2D eigenvalue weighted by Gasteiger charge is 2.13. The van der Waals surface area contributed by atoms with Gasteiger partial charge in [0.2, 0.25) is 0 Å². The summed E-state index contributed by atoms with van der Waals surface area (Å²) < 4.78 is 30.2. The van der Waals surface area contributed by atoms with Gasteiger partial charge in [-0.2, -0.15) is 4.86 Å². The van der Waals surface area contributed by atoms with Crippen LogP contribution in [0.5, 0.6) is 0 Å². The van der Waals surface area contributed by atoms with Gasteiger partial charge in [0, 0.05) is 0 Å². The molecular weight excluding hydrogens is 83.8 g/mol. The zero-order chi connectivity index (χ0) is 4.28. The van der Waals surface area contributed by atoms with Crippen molar-refractivity contribution >= 4 is 7.47 Å². The van der Waals surface area contributed by atoms with E-state index in [-0.39, 0.29) is 0 Å². The van der Waals surface area contributed by atoms with Gasteiger partial charge in [0.05, 0.1) is 0 Å². The van der Waals surface area contributed by atoms with Crippen molar-refractivity contribution in [2.75, 3.05) is 0 Å². The van der Waals surface area contributed by atoms with E-state index in [9.17, 15) is 13.2 Å². The van der Waals surface area contributed by atoms with Crippen LogP contribution in [-0.4, -0.2) is 7.47 Å². The lowest BCUT2D eigenvalue weighted by Crippen LogP contribution is -1.93. The van der Waals surface area contributed by atoms with Crippen LogP contribution >= 0.6 is 0 Å². The van der Waals surface area contributed by atoms with Crippen molar-refractivity contribution in [2.24, 2.45) is 0 Å². The maximum absolute atomic E-state index is 10.2. The van der Waals surface area contributed by atoms with Gasteiger partial charge in [0.15, 0.2) is 0 Å². The first-order valence-electron chi connectivity index (χ1n) is 0.826. The third-order valence-electron chi connectivity index (χ3n) is 0.0673. The number of halogens is 3. The lowest BCUT2D eigenvalue weighted by atomic mass is 10.4. The van der Waals surface area contributed by atoms with Gasteiger partial charge in [0.25, 0.3) is 0 Å². The normalized spacial score (nSPS) is 7.80. The van der Waals surface area contributed by atoms with Crippen molar-refractivity contribution in [3.05, 3.63) is 0 Å². The van der Waals surface area contributed by atoms with E-state index in [1.807, 2.05) is 4.86 Å². The molecule has 0 fully saturated rings. The molecule has 0 atom stereocenters. The average molecular weight is 83.8 g/mol. The molecule has 0 radical (unpaired) electrons. The molecule has 0 unspecified atom stereocenters. The Morgan fingerprint density at radius 1 is 1.40 bits per heavy atom. The van der Waals surface area contributed by atoms with Crippen molar-refractivity contribution in [2.45, 2.75) is 0 Å². The summed E-state index contributed by atoms with van der Waals surface area (Å²) in [6.07, 6.45) is 0. The predicted molar refractivity (Wildman–Crippen MR) is 10.2 cm³/mol. The van der Waals surface area contributed by atoms with Crippen molar-refractivity contribution in [3.8, 4) is 0 Å². The molecule has 5 heavy (non-hydrogen) atoms. The second-order valence-corrected chi connectivity index (χ2v) is 0.350. The molecule has 0 bridgehead atoms. The Labute approximate surface area is 26.8 Å². The molecule has 5 heteroatoms. The molecule has 0 rings (SSSR count). The molecule has 0 saturated heterocycles. The van der Waals surface area contributed by atoms with E-state index in [2.05, 4.69) is 0 Å². The first kappa shape index (κ1) is 4.81. The van der Waals surface area contributed by atoms with Crippen molar-refractivity contribution in [3.63, 3.8) is 0 Å². The summed E-state index contributed by atoms with van der Waals surface area (Å²) in [5.74, 6) is 0. The van der Waals surface area contributed by atoms with E-state index < -0.39 is 7.47 Å². The summed E-state index contributed by atoms with van der Waals surface area (Å²) in [7, 11) is -3.28. The fourth-order valence-corrected chi connectivity index (χ4v) is 0. The van der Waals surface area contributed by atoms with Crippen LogP contribution in [0.4, 0.5) is 13.2 Å². The monoisotopic (exact) mass is 84.0 g/mol. The van der Waals surface area contributed by atoms with Crippen LogP contribution in [0.25, 0.3) is 0 Å². The van der Waals surface area contributed by atoms with Gasteiger partial charge in [-0.25, -0.2) is 0 Å². The molecule has 0 aromatic heterocycles. The van der Waals surface area contributed by atoms with Gasteiger partial charge in [-0.1, -0.05) is 4.53 Å². The first-order chi connectivity index (χ1) is 2.27. The van der Waals surface area contributed by atoms with Crippen molar-refractivity contribution in [1.29, 1.82) is 0 Å². The number of hydrogen-bond acceptors (Lipinski definition) is 1. The van der Waals surface area contributed by atoms with Gasteiger partial charge in [-0.15, -0.1) is 0 Å². The third kappa shape index (κ3) is 3.81. The summed E-state index contributed by atoms with van der Waals surface area (Å²) >= 11 is 0. The Balaban J connectivity index is 2.54. The summed E-state index contributed by atoms with van der Waals surface area (Å²) in [5, 5.41) is 0. The van der Waals surface area contributed by atoms with Crippen LogP contribution in [0.1, 0.15) is 0 Å². The predicted octanol–water partition coefficient (Wildman–Crippen LogP) is 0.811. The standard InChI is InChI=1S/BF3O/c2-1(3)5-4. The van der Waals surface area contributed by atoms with Gasteiger partial charge in [0.1, 0.15) is 0 Å². The zero-order valence-corrected chi connectivity index (χ0v) is 2.12. The summed E-state index contributed by atoms with van der Waals surface area (Å²) in [5.41, 5.74) is 0. The molecule has 0 aromatic rings. The van der Waals surface area contributed by atoms with E-state index in [1.54, 1.807) is 0 Å². The van der Waals surface area contributed by atoms with Gasteiger partial charge in [-0.05, 0) is 0 Å². The molecule has 1 nitrogen and oxygen atoms in total. The van der Waals surface area contributed by atoms with Crippen LogP contribution < -0.4 is 0 Å². The highest BCUT2D eigenvalue weighted by molar-refractivity contribution is 6.33. The third-order valence-corrected chi connectivity index (χ3v) is 0.0673. The highest BCUT2D eigenvalue weighted by atomic mass is 19.3. The molecule has 0 aliphatic rings. The van der Waals surface area contributed by atoms with Crippen LogP contribution in [0.3, 0.4) is 0 Å². The van der Waals surface area contributed by atoms with Crippen LogP contribution in [-0.2, 0) is 4.86 Å². The van der Waals surface area contributed by atoms with Gasteiger partial charge in [-0.3, -0.25) is 8.63 Å². The van der Waals surface area contributed by atoms with Crippen molar-refractivity contribution in [1.82, 2.24) is 0 Å². The Morgan fingerprint density at radius 3 is 1.60 bits per heavy atom. The SMILES string of the molecule is FOB(F)F. The number of hydrogen-bond donors (Lipinski definition) is 0. The molecule has 0 N–H and O–H groups in total. The zero-order valence-electron chi connectivity index (χ0n) is 2.12. The highest BCUT2D eigenvalue weighted by Crippen LogP contribution is 1.85. The molecule has 0 saturated carbocycles. The first-order valence-corrected chi connectivity index (χ1v) is 0.826. The fourth-order valence-electron chi connectivity index (χ4n) is 0. The molecule has 0 spiro atoms. The van der Waals surface area contributed by atoms with Gasteiger partial charge >= 0.3 is 7.47 Å². The van der Waals surface area contributed by atoms with E-state index in [0.717, 1.165) is 0 Å². The molecule has 0 amide bonds. The van der Waals surface area contributed by atoms with E-state index in [4.69, 9.17) is 0 Å². The van der Waals surface area contributed by atoms with Crippen LogP contribution in [0.2, 0.25) is 0 Å². The maximum Gasteiger partial charge on any atom is 0.754 e.